The molecule has 31 heavy (non-hydrogen) atoms. The van der Waals surface area contributed by atoms with Crippen molar-refractivity contribution in [3.8, 4) is 5.75 Å². The van der Waals surface area contributed by atoms with Gasteiger partial charge in [0.1, 0.15) is 5.75 Å². The van der Waals surface area contributed by atoms with Gasteiger partial charge in [-0.25, -0.2) is 0 Å². The number of rotatable bonds is 7. The highest BCUT2D eigenvalue weighted by Gasteiger charge is 2.09. The summed E-state index contributed by atoms with van der Waals surface area (Å²) >= 11 is 1.35. The number of benzene rings is 2. The number of aromatic nitrogens is 3. The molecule has 0 atom stereocenters. The second-order valence-corrected chi connectivity index (χ2v) is 7.96. The zero-order chi connectivity index (χ0) is 21.8. The van der Waals surface area contributed by atoms with Crippen LogP contribution in [-0.2, 0) is 0 Å². The summed E-state index contributed by atoms with van der Waals surface area (Å²) in [5.41, 5.74) is 3.02. The van der Waals surface area contributed by atoms with E-state index in [-0.39, 0.29) is 5.56 Å². The van der Waals surface area contributed by atoms with Gasteiger partial charge in [0, 0.05) is 18.8 Å². The number of methoxy groups -OCH3 is 1. The maximum absolute atomic E-state index is 12.8. The fourth-order valence-electron chi connectivity index (χ4n) is 3.33. The first kappa shape index (κ1) is 20.8. The average Bonchev–Trinajstić information content (AvgIpc) is 3.33. The second-order valence-electron chi connectivity index (χ2n) is 6.95. The molecule has 0 amide bonds. The third-order valence-electron chi connectivity index (χ3n) is 5.06. The molecule has 0 bridgehead atoms. The van der Waals surface area contributed by atoms with Crippen molar-refractivity contribution < 1.29 is 4.74 Å². The van der Waals surface area contributed by atoms with E-state index >= 15 is 0 Å². The molecule has 2 aromatic carbocycles. The van der Waals surface area contributed by atoms with Gasteiger partial charge >= 0.3 is 0 Å². The number of fused-ring (bicyclic) bond motifs is 1. The fourth-order valence-corrected chi connectivity index (χ4v) is 4.24. The molecule has 0 aliphatic heterocycles. The van der Waals surface area contributed by atoms with Crippen LogP contribution in [0.2, 0.25) is 0 Å². The molecule has 0 aliphatic rings. The Hall–Kier alpha value is -3.45. The third kappa shape index (κ3) is 4.51. The van der Waals surface area contributed by atoms with E-state index in [4.69, 9.17) is 4.74 Å². The summed E-state index contributed by atoms with van der Waals surface area (Å²) in [4.78, 5) is 20.1. The minimum atomic E-state index is -0.149. The second kappa shape index (κ2) is 9.14. The van der Waals surface area contributed by atoms with E-state index in [1.54, 1.807) is 13.2 Å². The number of thiazole rings is 1. The van der Waals surface area contributed by atoms with Crippen LogP contribution in [0.15, 0.2) is 53.3 Å². The van der Waals surface area contributed by atoms with Gasteiger partial charge < -0.3 is 9.64 Å². The molecular formula is C24H24N4O2S. The van der Waals surface area contributed by atoms with Crippen LogP contribution in [0.1, 0.15) is 30.8 Å². The van der Waals surface area contributed by atoms with E-state index < -0.39 is 0 Å². The van der Waals surface area contributed by atoms with Crippen LogP contribution in [0.3, 0.4) is 0 Å². The smallest absolute Gasteiger partial charge is 0.291 e. The number of nitrogens with zero attached hydrogens (tertiary/aromatic N) is 4. The number of ether oxygens (including phenoxy) is 1. The predicted octanol–water partition coefficient (Wildman–Crippen LogP) is 3.72. The molecule has 0 saturated heterocycles. The number of hydrogen-bond acceptors (Lipinski definition) is 6. The van der Waals surface area contributed by atoms with E-state index in [0.717, 1.165) is 30.0 Å². The molecule has 158 valence electrons. The minimum Gasteiger partial charge on any atom is -0.497 e. The van der Waals surface area contributed by atoms with Gasteiger partial charge in [0.2, 0.25) is 4.96 Å². The molecule has 2 aromatic heterocycles. The Morgan fingerprint density at radius 3 is 2.29 bits per heavy atom. The zero-order valence-electron chi connectivity index (χ0n) is 17.8. The summed E-state index contributed by atoms with van der Waals surface area (Å²) in [5, 5.41) is 4.35. The monoisotopic (exact) mass is 432 g/mol. The SMILES string of the molecule is CCN(CC)c1ccc(/C=c2\sc3nc(/C=C/c4ccc(OC)cc4)nn3c2=O)cc1. The van der Waals surface area contributed by atoms with Crippen LogP contribution in [0.25, 0.3) is 23.2 Å². The topological polar surface area (TPSA) is 59.7 Å². The molecular weight excluding hydrogens is 408 g/mol. The van der Waals surface area contributed by atoms with Crippen LogP contribution >= 0.6 is 11.3 Å². The van der Waals surface area contributed by atoms with Crippen LogP contribution in [0.4, 0.5) is 5.69 Å². The summed E-state index contributed by atoms with van der Waals surface area (Å²) in [6, 6.07) is 15.9. The Kier molecular flexibility index (Phi) is 6.13. The standard InChI is InChI=1S/C24H24N4O2S/c1-4-27(5-2)19-11-6-18(7-12-19)16-21-23(29)28-24(31-21)25-22(26-28)15-10-17-8-13-20(30-3)14-9-17/h6-16H,4-5H2,1-3H3/b15-10+,21-16-. The summed E-state index contributed by atoms with van der Waals surface area (Å²) < 4.78 is 7.16. The average molecular weight is 433 g/mol. The van der Waals surface area contributed by atoms with E-state index in [0.29, 0.717) is 15.3 Å². The first-order valence-electron chi connectivity index (χ1n) is 10.2. The van der Waals surface area contributed by atoms with Gasteiger partial charge in [-0.1, -0.05) is 41.7 Å². The van der Waals surface area contributed by atoms with Crippen molar-refractivity contribution in [2.24, 2.45) is 0 Å². The van der Waals surface area contributed by atoms with Crippen LogP contribution in [0, 0.1) is 0 Å². The largest absolute Gasteiger partial charge is 0.497 e. The van der Waals surface area contributed by atoms with Crippen molar-refractivity contribution in [3.63, 3.8) is 0 Å². The summed E-state index contributed by atoms with van der Waals surface area (Å²) in [5.74, 6) is 1.31. The molecule has 4 rings (SSSR count). The van der Waals surface area contributed by atoms with E-state index in [1.807, 2.05) is 48.6 Å². The van der Waals surface area contributed by atoms with Crippen molar-refractivity contribution in [2.75, 3.05) is 25.1 Å². The molecule has 6 nitrogen and oxygen atoms in total. The molecule has 0 fully saturated rings. The van der Waals surface area contributed by atoms with Gasteiger partial charge in [-0.15, -0.1) is 5.10 Å². The molecule has 4 aromatic rings. The zero-order valence-corrected chi connectivity index (χ0v) is 18.6. The lowest BCUT2D eigenvalue weighted by Gasteiger charge is -2.20. The van der Waals surface area contributed by atoms with Gasteiger partial charge in [-0.2, -0.15) is 9.50 Å². The summed E-state index contributed by atoms with van der Waals surface area (Å²) in [6.07, 6.45) is 5.60. The highest BCUT2D eigenvalue weighted by Crippen LogP contribution is 2.16. The van der Waals surface area contributed by atoms with Gasteiger partial charge in [-0.05, 0) is 61.4 Å². The minimum absolute atomic E-state index is 0.149. The van der Waals surface area contributed by atoms with Gasteiger partial charge in [0.25, 0.3) is 5.56 Å². The summed E-state index contributed by atoms with van der Waals surface area (Å²) in [7, 11) is 1.64. The Morgan fingerprint density at radius 1 is 1.00 bits per heavy atom. The fraction of sp³-hybridized carbons (Fsp3) is 0.208. The van der Waals surface area contributed by atoms with Crippen molar-refractivity contribution in [1.82, 2.24) is 14.6 Å². The Morgan fingerprint density at radius 2 is 1.68 bits per heavy atom. The predicted molar refractivity (Wildman–Crippen MR) is 128 cm³/mol. The maximum atomic E-state index is 12.8. The Bertz CT molecular complexity index is 1300. The number of anilines is 1. The van der Waals surface area contributed by atoms with E-state index in [1.165, 1.54) is 21.5 Å². The molecule has 0 radical (unpaired) electrons. The Labute approximate surface area is 184 Å². The van der Waals surface area contributed by atoms with Gasteiger partial charge in [0.05, 0.1) is 11.6 Å². The van der Waals surface area contributed by atoms with Crippen LogP contribution in [-0.4, -0.2) is 34.8 Å². The first-order valence-corrected chi connectivity index (χ1v) is 11.0. The molecule has 2 heterocycles. The van der Waals surface area contributed by atoms with Crippen molar-refractivity contribution in [1.29, 1.82) is 0 Å². The molecule has 0 unspecified atom stereocenters. The quantitative estimate of drug-likeness (QED) is 0.445. The molecule has 0 aliphatic carbocycles. The maximum Gasteiger partial charge on any atom is 0.291 e. The first-order chi connectivity index (χ1) is 15.1. The molecule has 7 heteroatoms. The lowest BCUT2D eigenvalue weighted by Crippen LogP contribution is -2.23. The van der Waals surface area contributed by atoms with E-state index in [2.05, 4.69) is 41.0 Å². The lowest BCUT2D eigenvalue weighted by atomic mass is 10.2. The summed E-state index contributed by atoms with van der Waals surface area (Å²) in [6.45, 7) is 6.21. The van der Waals surface area contributed by atoms with Crippen molar-refractivity contribution in [3.05, 3.63) is 80.4 Å². The van der Waals surface area contributed by atoms with Gasteiger partial charge in [-0.3, -0.25) is 4.79 Å². The third-order valence-corrected chi connectivity index (χ3v) is 6.02. The van der Waals surface area contributed by atoms with Crippen molar-refractivity contribution >= 4 is 40.2 Å². The Balaban J connectivity index is 1.57. The normalized spacial score (nSPS) is 12.2. The molecule has 0 N–H and O–H groups in total. The highest BCUT2D eigenvalue weighted by molar-refractivity contribution is 7.15. The number of hydrogen-bond donors (Lipinski definition) is 0. The molecule has 0 saturated carbocycles. The van der Waals surface area contributed by atoms with Crippen LogP contribution < -0.4 is 19.7 Å². The van der Waals surface area contributed by atoms with Crippen molar-refractivity contribution in [2.45, 2.75) is 13.8 Å². The molecule has 0 spiro atoms. The van der Waals surface area contributed by atoms with Crippen LogP contribution in [0.5, 0.6) is 5.75 Å². The highest BCUT2D eigenvalue weighted by atomic mass is 32.1. The lowest BCUT2D eigenvalue weighted by molar-refractivity contribution is 0.415. The van der Waals surface area contributed by atoms with Gasteiger partial charge in [0.15, 0.2) is 5.82 Å². The van der Waals surface area contributed by atoms with E-state index in [9.17, 15) is 4.79 Å².